The Morgan fingerprint density at radius 2 is 2.20 bits per heavy atom. The van der Waals surface area contributed by atoms with Crippen LogP contribution in [0, 0.1) is 0 Å². The third-order valence-corrected chi connectivity index (χ3v) is 3.10. The van der Waals surface area contributed by atoms with Crippen LogP contribution in [0.25, 0.3) is 0 Å². The Labute approximate surface area is 117 Å². The summed E-state index contributed by atoms with van der Waals surface area (Å²) in [6.07, 6.45) is -0.140. The summed E-state index contributed by atoms with van der Waals surface area (Å²) < 4.78 is 4.95. The molecule has 2 rings (SSSR count). The first-order valence-electron chi connectivity index (χ1n) is 6.60. The van der Waals surface area contributed by atoms with Crippen molar-refractivity contribution in [2.24, 2.45) is 0 Å². The van der Waals surface area contributed by atoms with Crippen LogP contribution in [0.15, 0.2) is 24.3 Å². The predicted octanol–water partition coefficient (Wildman–Crippen LogP) is 0.525. The molecule has 1 heterocycles. The maximum Gasteiger partial charge on any atom is 0.340 e. The highest BCUT2D eigenvalue weighted by Crippen LogP contribution is 2.17. The van der Waals surface area contributed by atoms with Crippen molar-refractivity contribution in [1.82, 2.24) is 5.32 Å². The molecule has 6 nitrogen and oxygen atoms in total. The van der Waals surface area contributed by atoms with E-state index in [0.717, 1.165) is 0 Å². The number of esters is 1. The molecule has 6 heteroatoms. The van der Waals surface area contributed by atoms with E-state index in [1.807, 2.05) is 0 Å². The zero-order valence-electron chi connectivity index (χ0n) is 11.3. The van der Waals surface area contributed by atoms with E-state index in [1.54, 1.807) is 31.2 Å². The molecule has 1 fully saturated rings. The van der Waals surface area contributed by atoms with Gasteiger partial charge in [-0.25, -0.2) is 4.79 Å². The molecule has 0 bridgehead atoms. The first kappa shape index (κ1) is 14.5. The van der Waals surface area contributed by atoms with Gasteiger partial charge < -0.3 is 20.5 Å². The molecule has 108 valence electrons. The molecule has 3 N–H and O–H groups in total. The van der Waals surface area contributed by atoms with Crippen molar-refractivity contribution in [3.63, 3.8) is 0 Å². The van der Waals surface area contributed by atoms with E-state index in [0.29, 0.717) is 24.2 Å². The average molecular weight is 278 g/mol. The van der Waals surface area contributed by atoms with Crippen LogP contribution in [0.3, 0.4) is 0 Å². The Hall–Kier alpha value is -1.92. The molecular formula is C14H18N2O4. The van der Waals surface area contributed by atoms with Gasteiger partial charge in [0.2, 0.25) is 5.91 Å². The summed E-state index contributed by atoms with van der Waals surface area (Å²) in [5.74, 6) is -0.735. The summed E-state index contributed by atoms with van der Waals surface area (Å²) in [6, 6.07) is 6.25. The minimum absolute atomic E-state index is 0.265. The van der Waals surface area contributed by atoms with Gasteiger partial charge in [-0.2, -0.15) is 0 Å². The van der Waals surface area contributed by atoms with E-state index >= 15 is 0 Å². The molecule has 20 heavy (non-hydrogen) atoms. The SMILES string of the molecule is CCOC(=O)c1ccccc1NC(=O)C1CC(O)CN1. The second kappa shape index (κ2) is 6.49. The van der Waals surface area contributed by atoms with Gasteiger partial charge in [-0.3, -0.25) is 4.79 Å². The molecule has 0 aliphatic carbocycles. The van der Waals surface area contributed by atoms with Crippen molar-refractivity contribution in [1.29, 1.82) is 0 Å². The second-order valence-corrected chi connectivity index (χ2v) is 4.61. The predicted molar refractivity (Wildman–Crippen MR) is 73.4 cm³/mol. The van der Waals surface area contributed by atoms with Crippen molar-refractivity contribution in [3.8, 4) is 0 Å². The summed E-state index contributed by atoms with van der Waals surface area (Å²) in [6.45, 7) is 2.40. The average Bonchev–Trinajstić information content (AvgIpc) is 2.86. The van der Waals surface area contributed by atoms with E-state index < -0.39 is 18.1 Å². The first-order chi connectivity index (χ1) is 9.61. The topological polar surface area (TPSA) is 87.7 Å². The number of aliphatic hydroxyl groups excluding tert-OH is 1. The molecule has 2 unspecified atom stereocenters. The number of benzene rings is 1. The van der Waals surface area contributed by atoms with Crippen LogP contribution in [0.1, 0.15) is 23.7 Å². The van der Waals surface area contributed by atoms with E-state index in [2.05, 4.69) is 10.6 Å². The third-order valence-electron chi connectivity index (χ3n) is 3.10. The lowest BCUT2D eigenvalue weighted by atomic mass is 10.1. The molecule has 0 aromatic heterocycles. The highest BCUT2D eigenvalue weighted by Gasteiger charge is 2.28. The number of anilines is 1. The quantitative estimate of drug-likeness (QED) is 0.699. The number of hydrogen-bond donors (Lipinski definition) is 3. The van der Waals surface area contributed by atoms with Gasteiger partial charge in [0.25, 0.3) is 0 Å². The summed E-state index contributed by atoms with van der Waals surface area (Å²) in [7, 11) is 0. The van der Waals surface area contributed by atoms with Crippen molar-refractivity contribution in [2.45, 2.75) is 25.5 Å². The second-order valence-electron chi connectivity index (χ2n) is 4.61. The fraction of sp³-hybridized carbons (Fsp3) is 0.429. The lowest BCUT2D eigenvalue weighted by Gasteiger charge is -2.13. The Morgan fingerprint density at radius 1 is 1.45 bits per heavy atom. The molecule has 2 atom stereocenters. The Balaban J connectivity index is 2.09. The smallest absolute Gasteiger partial charge is 0.340 e. The highest BCUT2D eigenvalue weighted by molar-refractivity contribution is 6.02. The Morgan fingerprint density at radius 3 is 2.85 bits per heavy atom. The summed E-state index contributed by atoms with van der Waals surface area (Å²) in [5.41, 5.74) is 0.736. The van der Waals surface area contributed by atoms with Crippen LogP contribution >= 0.6 is 0 Å². The lowest BCUT2D eigenvalue weighted by Crippen LogP contribution is -2.35. The van der Waals surface area contributed by atoms with Gasteiger partial charge in [0.05, 0.1) is 30.0 Å². The minimum atomic E-state index is -0.508. The van der Waals surface area contributed by atoms with Crippen molar-refractivity contribution in [2.75, 3.05) is 18.5 Å². The molecule has 1 saturated heterocycles. The zero-order valence-corrected chi connectivity index (χ0v) is 11.3. The van der Waals surface area contributed by atoms with Crippen LogP contribution in [0.2, 0.25) is 0 Å². The van der Waals surface area contributed by atoms with Crippen LogP contribution < -0.4 is 10.6 Å². The van der Waals surface area contributed by atoms with Crippen LogP contribution in [-0.2, 0) is 9.53 Å². The van der Waals surface area contributed by atoms with E-state index in [1.165, 1.54) is 0 Å². The van der Waals surface area contributed by atoms with Gasteiger partial charge in [-0.15, -0.1) is 0 Å². The summed E-state index contributed by atoms with van der Waals surface area (Å²) >= 11 is 0. The summed E-state index contributed by atoms with van der Waals surface area (Å²) in [5, 5.41) is 15.0. The van der Waals surface area contributed by atoms with E-state index in [4.69, 9.17) is 4.74 Å². The molecule has 1 amide bonds. The standard InChI is InChI=1S/C14H18N2O4/c1-2-20-14(19)10-5-3-4-6-11(10)16-13(18)12-7-9(17)8-15-12/h3-6,9,12,15,17H,2,7-8H2,1H3,(H,16,18). The van der Waals surface area contributed by atoms with Crippen molar-refractivity contribution < 1.29 is 19.4 Å². The molecule has 1 aliphatic rings. The van der Waals surface area contributed by atoms with Crippen LogP contribution in [0.4, 0.5) is 5.69 Å². The number of β-amino-alcohol motifs (C(OH)–C–C–N with tert-alkyl or cyclic N) is 1. The van der Waals surface area contributed by atoms with E-state index in [-0.39, 0.29) is 12.5 Å². The maximum atomic E-state index is 12.1. The minimum Gasteiger partial charge on any atom is -0.462 e. The molecule has 0 spiro atoms. The van der Waals surface area contributed by atoms with Crippen LogP contribution in [0.5, 0.6) is 0 Å². The van der Waals surface area contributed by atoms with Gasteiger partial charge in [-0.05, 0) is 25.5 Å². The number of hydrogen-bond acceptors (Lipinski definition) is 5. The number of carbonyl (C=O) groups excluding carboxylic acids is 2. The number of carbonyl (C=O) groups is 2. The molecular weight excluding hydrogens is 260 g/mol. The maximum absolute atomic E-state index is 12.1. The van der Waals surface area contributed by atoms with Crippen molar-refractivity contribution in [3.05, 3.63) is 29.8 Å². The molecule has 1 aromatic carbocycles. The number of rotatable bonds is 4. The zero-order chi connectivity index (χ0) is 14.5. The fourth-order valence-corrected chi connectivity index (χ4v) is 2.12. The normalized spacial score (nSPS) is 21.5. The third kappa shape index (κ3) is 3.34. The molecule has 1 aliphatic heterocycles. The number of para-hydroxylation sites is 1. The number of nitrogens with one attached hydrogen (secondary N) is 2. The number of amides is 1. The van der Waals surface area contributed by atoms with Crippen molar-refractivity contribution >= 4 is 17.6 Å². The summed E-state index contributed by atoms with van der Waals surface area (Å²) in [4.78, 5) is 23.8. The van der Waals surface area contributed by atoms with Gasteiger partial charge in [-0.1, -0.05) is 12.1 Å². The Bertz CT molecular complexity index is 504. The van der Waals surface area contributed by atoms with Gasteiger partial charge in [0.15, 0.2) is 0 Å². The van der Waals surface area contributed by atoms with Gasteiger partial charge in [0.1, 0.15) is 0 Å². The number of ether oxygens (including phenoxy) is 1. The molecule has 0 saturated carbocycles. The van der Waals surface area contributed by atoms with Gasteiger partial charge >= 0.3 is 5.97 Å². The Kier molecular flexibility index (Phi) is 4.70. The molecule has 0 radical (unpaired) electrons. The number of aliphatic hydroxyl groups is 1. The largest absolute Gasteiger partial charge is 0.462 e. The van der Waals surface area contributed by atoms with Crippen LogP contribution in [-0.4, -0.2) is 42.3 Å². The lowest BCUT2D eigenvalue weighted by molar-refractivity contribution is -0.117. The van der Waals surface area contributed by atoms with Gasteiger partial charge in [0, 0.05) is 6.54 Å². The molecule has 1 aromatic rings. The fourth-order valence-electron chi connectivity index (χ4n) is 2.12. The highest BCUT2D eigenvalue weighted by atomic mass is 16.5. The first-order valence-corrected chi connectivity index (χ1v) is 6.60. The van der Waals surface area contributed by atoms with E-state index in [9.17, 15) is 14.7 Å². The monoisotopic (exact) mass is 278 g/mol.